The standard InChI is InChI=1S/C18H10Cl2N2O4S.C14H8ClNO5/c19-12-5-7-15(13(20)10-12)26-16-6-4-11(9-14(16)22(24)25)18(23)27-17-3-1-2-8-21-17;15-11-6-5-8(7-12(11)16(20)21)13(17)9-3-1-2-4-10(9)14(18)19/h1-10H;1-7H,(H,18,19). The molecule has 0 fully saturated rings. The van der Waals surface area contributed by atoms with Gasteiger partial charge in [0.25, 0.3) is 5.69 Å². The summed E-state index contributed by atoms with van der Waals surface area (Å²) in [5, 5.41) is 32.0. The molecule has 12 nitrogen and oxygen atoms in total. The van der Waals surface area contributed by atoms with Crippen molar-refractivity contribution in [2.24, 2.45) is 0 Å². The van der Waals surface area contributed by atoms with E-state index in [1.54, 1.807) is 30.5 Å². The highest BCUT2D eigenvalue weighted by molar-refractivity contribution is 8.14. The molecule has 0 bridgehead atoms. The monoisotopic (exact) mass is 725 g/mol. The van der Waals surface area contributed by atoms with Crippen molar-refractivity contribution in [2.75, 3.05) is 0 Å². The minimum absolute atomic E-state index is 0.000185. The number of ketones is 1. The quantitative estimate of drug-likeness (QED) is 0.0662. The summed E-state index contributed by atoms with van der Waals surface area (Å²) in [6.07, 6.45) is 1.56. The van der Waals surface area contributed by atoms with Crippen LogP contribution in [0.15, 0.2) is 108 Å². The third-order valence-electron chi connectivity index (χ3n) is 6.15. The SMILES string of the molecule is O=C(O)c1ccccc1C(=O)c1ccc(Cl)c([N+](=O)[O-])c1.O=C(Sc1ccccn1)c1ccc(Oc2ccc(Cl)cc2Cl)c([N+](=O)[O-])c1. The summed E-state index contributed by atoms with van der Waals surface area (Å²) in [6, 6.07) is 22.9. The molecule has 0 aliphatic heterocycles. The zero-order valence-electron chi connectivity index (χ0n) is 23.9. The van der Waals surface area contributed by atoms with Gasteiger partial charge in [0.2, 0.25) is 10.9 Å². The van der Waals surface area contributed by atoms with Crippen molar-refractivity contribution in [3.63, 3.8) is 0 Å². The number of rotatable bonds is 9. The van der Waals surface area contributed by atoms with Gasteiger partial charge in [-0.25, -0.2) is 9.78 Å². The maximum absolute atomic E-state index is 12.4. The zero-order valence-corrected chi connectivity index (χ0v) is 27.0. The Morgan fingerprint density at radius 2 is 1.33 bits per heavy atom. The van der Waals surface area contributed by atoms with Crippen molar-refractivity contribution in [1.29, 1.82) is 0 Å². The highest BCUT2D eigenvalue weighted by atomic mass is 35.5. The summed E-state index contributed by atoms with van der Waals surface area (Å²) >= 11 is 18.4. The molecule has 0 saturated carbocycles. The molecule has 0 aliphatic rings. The first kappa shape index (κ1) is 35.5. The summed E-state index contributed by atoms with van der Waals surface area (Å²) < 4.78 is 5.55. The molecule has 242 valence electrons. The Hall–Kier alpha value is -5.34. The Kier molecular flexibility index (Phi) is 11.8. The molecule has 0 radical (unpaired) electrons. The Balaban J connectivity index is 0.000000224. The molecule has 5 rings (SSSR count). The van der Waals surface area contributed by atoms with Crippen LogP contribution in [0.3, 0.4) is 0 Å². The number of halogens is 3. The van der Waals surface area contributed by atoms with E-state index in [0.717, 1.165) is 23.9 Å². The van der Waals surface area contributed by atoms with Gasteiger partial charge in [-0.05, 0) is 72.4 Å². The van der Waals surface area contributed by atoms with Crippen LogP contribution in [0.5, 0.6) is 11.5 Å². The van der Waals surface area contributed by atoms with E-state index in [1.807, 2.05) is 0 Å². The van der Waals surface area contributed by atoms with Gasteiger partial charge in [0.05, 0.1) is 20.4 Å². The predicted molar refractivity (Wildman–Crippen MR) is 179 cm³/mol. The van der Waals surface area contributed by atoms with Gasteiger partial charge in [-0.2, -0.15) is 0 Å². The number of carbonyl (C=O) groups excluding carboxylic acids is 2. The molecule has 16 heteroatoms. The molecule has 0 unspecified atom stereocenters. The van der Waals surface area contributed by atoms with Crippen molar-refractivity contribution in [2.45, 2.75) is 5.03 Å². The van der Waals surface area contributed by atoms with Gasteiger partial charge in [0.1, 0.15) is 15.8 Å². The Morgan fingerprint density at radius 1 is 0.708 bits per heavy atom. The fourth-order valence-electron chi connectivity index (χ4n) is 3.93. The van der Waals surface area contributed by atoms with E-state index < -0.39 is 27.3 Å². The maximum Gasteiger partial charge on any atom is 0.336 e. The lowest BCUT2D eigenvalue weighted by atomic mass is 9.98. The summed E-state index contributed by atoms with van der Waals surface area (Å²) in [5.74, 6) is -1.69. The summed E-state index contributed by atoms with van der Waals surface area (Å²) in [5.41, 5.74) is -0.808. The highest BCUT2D eigenvalue weighted by Gasteiger charge is 2.22. The average Bonchev–Trinajstić information content (AvgIpc) is 3.06. The lowest BCUT2D eigenvalue weighted by molar-refractivity contribution is -0.385. The van der Waals surface area contributed by atoms with E-state index >= 15 is 0 Å². The topological polar surface area (TPSA) is 180 Å². The second kappa shape index (κ2) is 16.0. The van der Waals surface area contributed by atoms with Crippen molar-refractivity contribution in [3.8, 4) is 11.5 Å². The van der Waals surface area contributed by atoms with Gasteiger partial charge >= 0.3 is 11.7 Å². The summed E-state index contributed by atoms with van der Waals surface area (Å²) in [4.78, 5) is 60.8. The number of carboxylic acids is 1. The molecule has 0 amide bonds. The van der Waals surface area contributed by atoms with Gasteiger partial charge in [0.15, 0.2) is 5.78 Å². The van der Waals surface area contributed by atoms with Crippen LogP contribution in [0, 0.1) is 20.2 Å². The number of hydrogen-bond acceptors (Lipinski definition) is 10. The lowest BCUT2D eigenvalue weighted by Gasteiger charge is -2.09. The number of carboxylic acid groups (broad SMARTS) is 1. The molecule has 0 spiro atoms. The number of aromatic carboxylic acids is 1. The summed E-state index contributed by atoms with van der Waals surface area (Å²) in [7, 11) is 0. The lowest BCUT2D eigenvalue weighted by Crippen LogP contribution is -2.09. The Bertz CT molecular complexity index is 2060. The van der Waals surface area contributed by atoms with Crippen LogP contribution in [-0.4, -0.2) is 36.8 Å². The second-order valence-electron chi connectivity index (χ2n) is 9.28. The molecule has 1 heterocycles. The van der Waals surface area contributed by atoms with Gasteiger partial charge in [-0.15, -0.1) is 0 Å². The molecular formula is C32H18Cl3N3O9S. The number of benzene rings is 4. The first-order valence-corrected chi connectivity index (χ1v) is 15.2. The van der Waals surface area contributed by atoms with Gasteiger partial charge < -0.3 is 9.84 Å². The predicted octanol–water partition coefficient (Wildman–Crippen LogP) is 9.20. The normalized spacial score (nSPS) is 10.3. The minimum Gasteiger partial charge on any atom is -0.478 e. The third kappa shape index (κ3) is 8.92. The van der Waals surface area contributed by atoms with Crippen LogP contribution in [0.25, 0.3) is 0 Å². The van der Waals surface area contributed by atoms with Crippen LogP contribution in [0.1, 0.15) is 36.6 Å². The number of nitrogens with zero attached hydrogens (tertiary/aromatic N) is 3. The number of pyridine rings is 1. The van der Waals surface area contributed by atoms with E-state index in [2.05, 4.69) is 4.98 Å². The van der Waals surface area contributed by atoms with Gasteiger partial charge in [0, 0.05) is 40.0 Å². The van der Waals surface area contributed by atoms with E-state index in [0.29, 0.717) is 10.0 Å². The van der Waals surface area contributed by atoms with E-state index in [1.165, 1.54) is 60.7 Å². The van der Waals surface area contributed by atoms with Crippen molar-refractivity contribution >= 4 is 74.8 Å². The van der Waals surface area contributed by atoms with E-state index in [-0.39, 0.29) is 54.6 Å². The average molecular weight is 727 g/mol. The molecule has 1 aromatic heterocycles. The first-order chi connectivity index (χ1) is 22.8. The molecule has 0 saturated heterocycles. The number of aromatic nitrogens is 1. The number of carbonyl (C=O) groups is 3. The second-order valence-corrected chi connectivity index (χ2v) is 11.5. The number of ether oxygens (including phenoxy) is 1. The van der Waals surface area contributed by atoms with Crippen LogP contribution in [-0.2, 0) is 0 Å². The number of hydrogen-bond donors (Lipinski definition) is 1. The van der Waals surface area contributed by atoms with Crippen LogP contribution in [0.2, 0.25) is 15.1 Å². The maximum atomic E-state index is 12.4. The van der Waals surface area contributed by atoms with Crippen molar-refractivity contribution in [1.82, 2.24) is 4.98 Å². The smallest absolute Gasteiger partial charge is 0.336 e. The molecule has 0 atom stereocenters. The highest BCUT2D eigenvalue weighted by Crippen LogP contribution is 2.37. The Labute approximate surface area is 290 Å². The fraction of sp³-hybridized carbons (Fsp3) is 0. The van der Waals surface area contributed by atoms with E-state index in [9.17, 15) is 34.6 Å². The van der Waals surface area contributed by atoms with E-state index in [4.69, 9.17) is 44.6 Å². The molecule has 0 aliphatic carbocycles. The number of nitro groups is 2. The number of nitro benzene ring substituents is 2. The van der Waals surface area contributed by atoms with Gasteiger partial charge in [-0.3, -0.25) is 29.8 Å². The zero-order chi connectivity index (χ0) is 35.0. The minimum atomic E-state index is -1.25. The summed E-state index contributed by atoms with van der Waals surface area (Å²) in [6.45, 7) is 0. The molecule has 1 N–H and O–H groups in total. The molecule has 5 aromatic rings. The molecular weight excluding hydrogens is 709 g/mol. The van der Waals surface area contributed by atoms with Crippen LogP contribution >= 0.6 is 46.6 Å². The van der Waals surface area contributed by atoms with Gasteiger partial charge in [-0.1, -0.05) is 59.1 Å². The van der Waals surface area contributed by atoms with Crippen molar-refractivity contribution < 1.29 is 34.1 Å². The number of thioether (sulfide) groups is 1. The Morgan fingerprint density at radius 3 is 1.96 bits per heavy atom. The van der Waals surface area contributed by atoms with Crippen molar-refractivity contribution in [3.05, 3.63) is 161 Å². The first-order valence-electron chi connectivity index (χ1n) is 13.2. The fourth-order valence-corrected chi connectivity index (χ4v) is 5.26. The largest absolute Gasteiger partial charge is 0.478 e. The molecule has 4 aromatic carbocycles. The molecule has 48 heavy (non-hydrogen) atoms. The van der Waals surface area contributed by atoms with Crippen LogP contribution < -0.4 is 4.74 Å². The van der Waals surface area contributed by atoms with Crippen LogP contribution in [0.4, 0.5) is 11.4 Å². The third-order valence-corrected chi connectivity index (χ3v) is 7.87.